The van der Waals surface area contributed by atoms with Crippen molar-refractivity contribution in [2.75, 3.05) is 7.11 Å². The lowest BCUT2D eigenvalue weighted by Gasteiger charge is -2.30. The molecule has 1 aromatic rings. The first kappa shape index (κ1) is 13.9. The molecule has 0 N–H and O–H groups in total. The van der Waals surface area contributed by atoms with E-state index in [0.717, 1.165) is 6.42 Å². The van der Waals surface area contributed by atoms with Crippen LogP contribution in [0.1, 0.15) is 37.7 Å². The number of esters is 1. The largest absolute Gasteiger partial charge is 0.468 e. The molecule has 0 saturated carbocycles. The van der Waals surface area contributed by atoms with Gasteiger partial charge in [-0.3, -0.25) is 4.79 Å². The van der Waals surface area contributed by atoms with Gasteiger partial charge < -0.3 is 9.30 Å². The molecular formula is C16H23NO2. The van der Waals surface area contributed by atoms with Crippen molar-refractivity contribution < 1.29 is 9.53 Å². The van der Waals surface area contributed by atoms with Gasteiger partial charge in [-0.15, -0.1) is 0 Å². The van der Waals surface area contributed by atoms with Crippen LogP contribution in [0.15, 0.2) is 24.3 Å². The van der Waals surface area contributed by atoms with E-state index in [1.54, 1.807) is 0 Å². The summed E-state index contributed by atoms with van der Waals surface area (Å²) in [6, 6.07) is 4.49. The highest BCUT2D eigenvalue weighted by Crippen LogP contribution is 2.45. The summed E-state index contributed by atoms with van der Waals surface area (Å²) in [7, 11) is 1.47. The van der Waals surface area contributed by atoms with Gasteiger partial charge in [-0.1, -0.05) is 26.0 Å². The minimum absolute atomic E-state index is 0.122. The molecule has 1 heterocycles. The Morgan fingerprint density at radius 2 is 1.95 bits per heavy atom. The third-order valence-corrected chi connectivity index (χ3v) is 4.42. The molecule has 0 bridgehead atoms. The van der Waals surface area contributed by atoms with Crippen LogP contribution in [0.2, 0.25) is 0 Å². The molecule has 0 aliphatic heterocycles. The Morgan fingerprint density at radius 3 is 2.42 bits per heavy atom. The quantitative estimate of drug-likeness (QED) is 0.616. The third-order valence-electron chi connectivity index (χ3n) is 4.42. The predicted molar refractivity (Wildman–Crippen MR) is 76.0 cm³/mol. The van der Waals surface area contributed by atoms with E-state index >= 15 is 0 Å². The highest BCUT2D eigenvalue weighted by molar-refractivity contribution is 5.80. The van der Waals surface area contributed by atoms with Crippen molar-refractivity contribution >= 4 is 5.97 Å². The van der Waals surface area contributed by atoms with Gasteiger partial charge in [0.25, 0.3) is 0 Å². The minimum Gasteiger partial charge on any atom is -0.468 e. The van der Waals surface area contributed by atoms with E-state index in [2.05, 4.69) is 50.5 Å². The first-order chi connectivity index (χ1) is 8.92. The van der Waals surface area contributed by atoms with Gasteiger partial charge in [-0.05, 0) is 38.3 Å². The Kier molecular flexibility index (Phi) is 3.57. The van der Waals surface area contributed by atoms with Crippen LogP contribution < -0.4 is 0 Å². The maximum atomic E-state index is 12.2. The number of carbonyl (C=O) groups excluding carboxylic acids is 1. The zero-order valence-electron chi connectivity index (χ0n) is 12.4. The highest BCUT2D eigenvalue weighted by atomic mass is 16.5. The van der Waals surface area contributed by atoms with Crippen LogP contribution in [0.3, 0.4) is 0 Å². The lowest BCUT2D eigenvalue weighted by Crippen LogP contribution is -2.35. The summed E-state index contributed by atoms with van der Waals surface area (Å²) in [5.74, 6) is 0.112. The summed E-state index contributed by atoms with van der Waals surface area (Å²) in [5, 5.41) is 0. The van der Waals surface area contributed by atoms with Crippen molar-refractivity contribution in [3.05, 3.63) is 35.7 Å². The van der Waals surface area contributed by atoms with Crippen LogP contribution >= 0.6 is 0 Å². The maximum Gasteiger partial charge on any atom is 0.316 e. The van der Waals surface area contributed by atoms with Crippen LogP contribution in [0, 0.1) is 25.2 Å². The molecular weight excluding hydrogens is 238 g/mol. The fraction of sp³-hybridized carbons (Fsp3) is 0.562. The molecule has 0 spiro atoms. The van der Waals surface area contributed by atoms with Gasteiger partial charge in [0.05, 0.1) is 18.6 Å². The normalized spacial score (nSPS) is 26.1. The number of nitrogens with zero attached hydrogens (tertiary/aromatic N) is 1. The van der Waals surface area contributed by atoms with Crippen molar-refractivity contribution in [2.45, 2.75) is 40.2 Å². The molecule has 19 heavy (non-hydrogen) atoms. The summed E-state index contributed by atoms with van der Waals surface area (Å²) in [6.07, 6.45) is 4.98. The van der Waals surface area contributed by atoms with Gasteiger partial charge in [0.1, 0.15) is 0 Å². The first-order valence-electron chi connectivity index (χ1n) is 6.84. The Labute approximate surface area is 115 Å². The second-order valence-corrected chi connectivity index (χ2v) is 5.80. The smallest absolute Gasteiger partial charge is 0.316 e. The molecule has 0 aromatic carbocycles. The van der Waals surface area contributed by atoms with Gasteiger partial charge in [0.15, 0.2) is 0 Å². The summed E-state index contributed by atoms with van der Waals surface area (Å²) in [5.41, 5.74) is 1.98. The van der Waals surface area contributed by atoms with E-state index < -0.39 is 5.41 Å². The summed E-state index contributed by atoms with van der Waals surface area (Å²) in [6.45, 7) is 8.38. The number of rotatable bonds is 3. The van der Waals surface area contributed by atoms with Crippen LogP contribution in [-0.2, 0) is 9.53 Å². The van der Waals surface area contributed by atoms with Gasteiger partial charge in [-0.25, -0.2) is 0 Å². The highest BCUT2D eigenvalue weighted by Gasteiger charge is 2.45. The Bertz CT molecular complexity index is 493. The lowest BCUT2D eigenvalue weighted by molar-refractivity contribution is -0.152. The molecule has 0 unspecified atom stereocenters. The molecule has 0 radical (unpaired) electrons. The standard InChI is InChI=1S/C16H23NO2/c1-11(2)16(15(18)19-5)9-8-14(10-16)17-12(3)6-7-13(17)4/h6-9,11,14H,10H2,1-5H3/t14-,16+/m1/s1. The van der Waals surface area contributed by atoms with Gasteiger partial charge in [-0.2, -0.15) is 0 Å². The lowest BCUT2D eigenvalue weighted by atomic mass is 9.76. The zero-order valence-corrected chi connectivity index (χ0v) is 12.4. The first-order valence-corrected chi connectivity index (χ1v) is 6.84. The summed E-state index contributed by atoms with van der Waals surface area (Å²) >= 11 is 0. The average Bonchev–Trinajstić information content (AvgIpc) is 2.93. The number of ether oxygens (including phenoxy) is 1. The van der Waals surface area contributed by atoms with Crippen LogP contribution in [0.5, 0.6) is 0 Å². The van der Waals surface area contributed by atoms with Crippen molar-refractivity contribution in [1.82, 2.24) is 4.57 Å². The topological polar surface area (TPSA) is 31.2 Å². The fourth-order valence-corrected chi connectivity index (χ4v) is 3.15. The number of methoxy groups -OCH3 is 1. The second-order valence-electron chi connectivity index (χ2n) is 5.80. The number of aromatic nitrogens is 1. The average molecular weight is 261 g/mol. The molecule has 3 nitrogen and oxygen atoms in total. The molecule has 2 atom stereocenters. The zero-order chi connectivity index (χ0) is 14.2. The number of carbonyl (C=O) groups is 1. The van der Waals surface area contributed by atoms with Crippen LogP contribution in [0.25, 0.3) is 0 Å². The van der Waals surface area contributed by atoms with E-state index in [1.807, 2.05) is 6.08 Å². The SMILES string of the molecule is COC(=O)[C@@]1(C(C)C)C=C[C@@H](n2c(C)ccc2C)C1. The van der Waals surface area contributed by atoms with E-state index in [0.29, 0.717) is 0 Å². The van der Waals surface area contributed by atoms with Gasteiger partial charge in [0.2, 0.25) is 0 Å². The number of hydrogen-bond acceptors (Lipinski definition) is 2. The third kappa shape index (κ3) is 2.11. The summed E-state index contributed by atoms with van der Waals surface area (Å²) in [4.78, 5) is 12.2. The van der Waals surface area contributed by atoms with Crippen molar-refractivity contribution in [1.29, 1.82) is 0 Å². The van der Waals surface area contributed by atoms with Crippen LogP contribution in [0.4, 0.5) is 0 Å². The molecule has 1 aliphatic carbocycles. The molecule has 0 saturated heterocycles. The monoisotopic (exact) mass is 261 g/mol. The Hall–Kier alpha value is -1.51. The van der Waals surface area contributed by atoms with Crippen molar-refractivity contribution in [2.24, 2.45) is 11.3 Å². The predicted octanol–water partition coefficient (Wildman–Crippen LogP) is 3.42. The van der Waals surface area contributed by atoms with E-state index in [-0.39, 0.29) is 17.9 Å². The van der Waals surface area contributed by atoms with Gasteiger partial charge in [0, 0.05) is 11.4 Å². The van der Waals surface area contributed by atoms with E-state index in [1.165, 1.54) is 18.5 Å². The molecule has 3 heteroatoms. The second kappa shape index (κ2) is 4.87. The molecule has 0 fully saturated rings. The number of aryl methyl sites for hydroxylation is 2. The van der Waals surface area contributed by atoms with Crippen LogP contribution in [-0.4, -0.2) is 17.6 Å². The van der Waals surface area contributed by atoms with Crippen molar-refractivity contribution in [3.63, 3.8) is 0 Å². The van der Waals surface area contributed by atoms with E-state index in [4.69, 9.17) is 4.74 Å². The fourth-order valence-electron chi connectivity index (χ4n) is 3.15. The molecule has 1 aliphatic rings. The molecule has 2 rings (SSSR count). The van der Waals surface area contributed by atoms with E-state index in [9.17, 15) is 4.79 Å². The number of allylic oxidation sites excluding steroid dienone is 1. The Morgan fingerprint density at radius 1 is 1.37 bits per heavy atom. The Balaban J connectivity index is 2.33. The maximum absolute atomic E-state index is 12.2. The summed E-state index contributed by atoms with van der Waals surface area (Å²) < 4.78 is 7.32. The van der Waals surface area contributed by atoms with Crippen molar-refractivity contribution in [3.8, 4) is 0 Å². The van der Waals surface area contributed by atoms with Gasteiger partial charge >= 0.3 is 5.97 Å². The molecule has 1 aromatic heterocycles. The molecule has 0 amide bonds. The minimum atomic E-state index is -0.484. The number of hydrogen-bond donors (Lipinski definition) is 0. The molecule has 104 valence electrons.